The van der Waals surface area contributed by atoms with Crippen LogP contribution in [0, 0.1) is 6.92 Å². The second kappa shape index (κ2) is 6.61. The zero-order valence-electron chi connectivity index (χ0n) is 15.2. The van der Waals surface area contributed by atoms with Crippen molar-refractivity contribution in [3.63, 3.8) is 0 Å². The molecule has 0 bridgehead atoms. The monoisotopic (exact) mass is 349 g/mol. The number of hydrogen-bond donors (Lipinski definition) is 1. The second-order valence-corrected chi connectivity index (χ2v) is 7.07. The molecule has 0 saturated carbocycles. The van der Waals surface area contributed by atoms with Crippen LogP contribution in [-0.4, -0.2) is 16.6 Å². The van der Waals surface area contributed by atoms with Crippen LogP contribution in [0.15, 0.2) is 45.6 Å². The van der Waals surface area contributed by atoms with Gasteiger partial charge in [0.05, 0.1) is 5.56 Å². The lowest BCUT2D eigenvalue weighted by Gasteiger charge is -2.29. The number of phenols is 1. The van der Waals surface area contributed by atoms with Crippen LogP contribution >= 0.6 is 0 Å². The summed E-state index contributed by atoms with van der Waals surface area (Å²) in [7, 11) is 0. The molecule has 1 aliphatic heterocycles. The maximum Gasteiger partial charge on any atom is 0.336 e. The molecule has 0 radical (unpaired) electrons. The van der Waals surface area contributed by atoms with Crippen molar-refractivity contribution in [2.24, 2.45) is 0 Å². The fourth-order valence-electron chi connectivity index (χ4n) is 3.90. The summed E-state index contributed by atoms with van der Waals surface area (Å²) in [5.41, 5.74) is 5.36. The molecule has 0 fully saturated rings. The van der Waals surface area contributed by atoms with Crippen LogP contribution in [0.4, 0.5) is 0 Å². The Morgan fingerprint density at radius 3 is 2.73 bits per heavy atom. The maximum absolute atomic E-state index is 11.9. The SMILES string of the molecule is CCc1cc2c(C)cc(=O)oc2c(CN2CCc3ccccc3C2)c1O. The number of rotatable bonds is 3. The van der Waals surface area contributed by atoms with E-state index in [0.29, 0.717) is 12.1 Å². The molecule has 3 aromatic rings. The first-order valence-electron chi connectivity index (χ1n) is 9.14. The molecule has 2 aromatic carbocycles. The van der Waals surface area contributed by atoms with E-state index in [-0.39, 0.29) is 11.4 Å². The van der Waals surface area contributed by atoms with Gasteiger partial charge in [0.15, 0.2) is 0 Å². The first-order chi connectivity index (χ1) is 12.6. The Labute approximate surface area is 152 Å². The minimum atomic E-state index is -0.371. The van der Waals surface area contributed by atoms with Gasteiger partial charge in [-0.1, -0.05) is 31.2 Å². The second-order valence-electron chi connectivity index (χ2n) is 7.07. The van der Waals surface area contributed by atoms with Gasteiger partial charge in [-0.05, 0) is 48.1 Å². The first-order valence-corrected chi connectivity index (χ1v) is 9.14. The molecule has 4 heteroatoms. The normalized spacial score (nSPS) is 14.5. The van der Waals surface area contributed by atoms with E-state index in [4.69, 9.17) is 4.42 Å². The van der Waals surface area contributed by atoms with Crippen molar-refractivity contribution >= 4 is 11.0 Å². The van der Waals surface area contributed by atoms with Crippen LogP contribution in [0.25, 0.3) is 11.0 Å². The summed E-state index contributed by atoms with van der Waals surface area (Å²) in [5.74, 6) is 0.257. The van der Waals surface area contributed by atoms with Gasteiger partial charge in [0.1, 0.15) is 11.3 Å². The predicted molar refractivity (Wildman–Crippen MR) is 103 cm³/mol. The molecule has 0 aliphatic carbocycles. The molecule has 26 heavy (non-hydrogen) atoms. The Kier molecular flexibility index (Phi) is 4.29. The van der Waals surface area contributed by atoms with E-state index in [2.05, 4.69) is 29.2 Å². The highest BCUT2D eigenvalue weighted by Gasteiger charge is 2.21. The smallest absolute Gasteiger partial charge is 0.336 e. The van der Waals surface area contributed by atoms with E-state index < -0.39 is 0 Å². The van der Waals surface area contributed by atoms with E-state index in [1.807, 2.05) is 19.9 Å². The van der Waals surface area contributed by atoms with Crippen molar-refractivity contribution in [3.8, 4) is 5.75 Å². The zero-order chi connectivity index (χ0) is 18.3. The van der Waals surface area contributed by atoms with Crippen LogP contribution < -0.4 is 5.63 Å². The van der Waals surface area contributed by atoms with Gasteiger partial charge in [0.2, 0.25) is 0 Å². The number of hydrogen-bond acceptors (Lipinski definition) is 4. The van der Waals surface area contributed by atoms with E-state index in [1.54, 1.807) is 0 Å². The van der Waals surface area contributed by atoms with Crippen molar-refractivity contribution in [2.75, 3.05) is 6.54 Å². The number of fused-ring (bicyclic) bond motifs is 2. The summed E-state index contributed by atoms with van der Waals surface area (Å²) in [4.78, 5) is 14.2. The summed E-state index contributed by atoms with van der Waals surface area (Å²) in [6.07, 6.45) is 1.72. The fourth-order valence-corrected chi connectivity index (χ4v) is 3.90. The van der Waals surface area contributed by atoms with E-state index in [0.717, 1.165) is 48.0 Å². The number of nitrogens with zero attached hydrogens (tertiary/aromatic N) is 1. The van der Waals surface area contributed by atoms with Gasteiger partial charge in [-0.25, -0.2) is 4.79 Å². The zero-order valence-corrected chi connectivity index (χ0v) is 15.2. The highest BCUT2D eigenvalue weighted by Crippen LogP contribution is 2.34. The van der Waals surface area contributed by atoms with Crippen molar-refractivity contribution in [3.05, 3.63) is 74.6 Å². The predicted octanol–water partition coefficient (Wildman–Crippen LogP) is 3.93. The number of aromatic hydroxyl groups is 1. The fraction of sp³-hybridized carbons (Fsp3) is 0.318. The van der Waals surface area contributed by atoms with E-state index in [1.165, 1.54) is 17.2 Å². The maximum atomic E-state index is 11.9. The highest BCUT2D eigenvalue weighted by atomic mass is 16.4. The average Bonchev–Trinajstić information content (AvgIpc) is 2.64. The summed E-state index contributed by atoms with van der Waals surface area (Å²) in [6.45, 7) is 6.26. The molecule has 0 unspecified atom stereocenters. The standard InChI is InChI=1S/C22H23NO3/c1-3-15-11-18-14(2)10-20(24)26-22(18)19(21(15)25)13-23-9-8-16-6-4-5-7-17(16)12-23/h4-7,10-11,25H,3,8-9,12-13H2,1-2H3. The van der Waals surface area contributed by atoms with Gasteiger partial charge in [-0.2, -0.15) is 0 Å². The largest absolute Gasteiger partial charge is 0.507 e. The Balaban J connectivity index is 1.79. The molecule has 2 heterocycles. The molecule has 4 nitrogen and oxygen atoms in total. The molecule has 4 rings (SSSR count). The molecule has 0 spiro atoms. The minimum Gasteiger partial charge on any atom is -0.507 e. The van der Waals surface area contributed by atoms with Gasteiger partial charge in [0.25, 0.3) is 0 Å². The Bertz CT molecular complexity index is 1040. The summed E-state index contributed by atoms with van der Waals surface area (Å²) in [6, 6.07) is 11.9. The first kappa shape index (κ1) is 16.9. The molecule has 1 aliphatic rings. The topological polar surface area (TPSA) is 53.7 Å². The van der Waals surface area contributed by atoms with Gasteiger partial charge in [-0.15, -0.1) is 0 Å². The van der Waals surface area contributed by atoms with Gasteiger partial charge >= 0.3 is 5.63 Å². The van der Waals surface area contributed by atoms with Crippen molar-refractivity contribution in [1.82, 2.24) is 4.90 Å². The van der Waals surface area contributed by atoms with Crippen molar-refractivity contribution in [2.45, 2.75) is 39.8 Å². The summed E-state index contributed by atoms with van der Waals surface area (Å²) >= 11 is 0. The Morgan fingerprint density at radius 1 is 1.19 bits per heavy atom. The lowest BCUT2D eigenvalue weighted by molar-refractivity contribution is 0.242. The van der Waals surface area contributed by atoms with E-state index in [9.17, 15) is 9.90 Å². The number of benzene rings is 2. The highest BCUT2D eigenvalue weighted by molar-refractivity contribution is 5.86. The molecule has 0 amide bonds. The lowest BCUT2D eigenvalue weighted by atomic mass is 9.97. The van der Waals surface area contributed by atoms with Crippen LogP contribution in [0.5, 0.6) is 5.75 Å². The minimum absolute atomic E-state index is 0.257. The average molecular weight is 349 g/mol. The third-order valence-electron chi connectivity index (χ3n) is 5.36. The molecular weight excluding hydrogens is 326 g/mol. The van der Waals surface area contributed by atoms with E-state index >= 15 is 0 Å². The molecule has 0 atom stereocenters. The van der Waals surface area contributed by atoms with Crippen LogP contribution in [-0.2, 0) is 25.9 Å². The van der Waals surface area contributed by atoms with Gasteiger partial charge in [0, 0.05) is 31.1 Å². The molecule has 0 saturated heterocycles. The van der Waals surface area contributed by atoms with Gasteiger partial charge in [-0.3, -0.25) is 4.90 Å². The van der Waals surface area contributed by atoms with Crippen LogP contribution in [0.2, 0.25) is 0 Å². The lowest BCUT2D eigenvalue weighted by Crippen LogP contribution is -2.30. The quantitative estimate of drug-likeness (QED) is 0.728. The third kappa shape index (κ3) is 2.90. The third-order valence-corrected chi connectivity index (χ3v) is 5.36. The Hall–Kier alpha value is -2.59. The number of phenolic OH excluding ortho intramolecular Hbond substituents is 1. The number of aryl methyl sites for hydroxylation is 2. The van der Waals surface area contributed by atoms with Crippen LogP contribution in [0.3, 0.4) is 0 Å². The molecular formula is C22H23NO3. The Morgan fingerprint density at radius 2 is 1.96 bits per heavy atom. The molecule has 134 valence electrons. The van der Waals surface area contributed by atoms with Crippen molar-refractivity contribution < 1.29 is 9.52 Å². The van der Waals surface area contributed by atoms with Gasteiger partial charge < -0.3 is 9.52 Å². The summed E-state index contributed by atoms with van der Waals surface area (Å²) < 4.78 is 5.52. The van der Waals surface area contributed by atoms with Crippen molar-refractivity contribution in [1.29, 1.82) is 0 Å². The molecule has 1 N–H and O–H groups in total. The summed E-state index contributed by atoms with van der Waals surface area (Å²) in [5, 5.41) is 11.7. The van der Waals surface area contributed by atoms with Crippen LogP contribution in [0.1, 0.15) is 34.7 Å². The molecule has 1 aromatic heterocycles.